The maximum atomic E-state index is 13.1. The zero-order chi connectivity index (χ0) is 14.8. The van der Waals surface area contributed by atoms with Crippen molar-refractivity contribution in [3.05, 3.63) is 35.6 Å². The van der Waals surface area contributed by atoms with Gasteiger partial charge >= 0.3 is 0 Å². The van der Waals surface area contributed by atoms with Crippen molar-refractivity contribution in [3.8, 4) is 0 Å². The van der Waals surface area contributed by atoms with Gasteiger partial charge in [0, 0.05) is 11.3 Å². The van der Waals surface area contributed by atoms with Crippen LogP contribution in [-0.2, 0) is 10.2 Å². The summed E-state index contributed by atoms with van der Waals surface area (Å²) in [5.41, 5.74) is 0.396. The van der Waals surface area contributed by atoms with Crippen molar-refractivity contribution in [2.24, 2.45) is 11.8 Å². The van der Waals surface area contributed by atoms with Crippen molar-refractivity contribution < 1.29 is 9.18 Å². The van der Waals surface area contributed by atoms with E-state index < -0.39 is 5.41 Å². The Hall–Kier alpha value is -1.18. The zero-order valence-corrected chi connectivity index (χ0v) is 12.8. The maximum absolute atomic E-state index is 13.1. The molecule has 1 aromatic rings. The highest BCUT2D eigenvalue weighted by Gasteiger charge is 2.39. The molecule has 1 aliphatic carbocycles. The molecule has 0 bridgehead atoms. The molecule has 0 heterocycles. The van der Waals surface area contributed by atoms with Crippen LogP contribution in [0.15, 0.2) is 24.3 Å². The first kappa shape index (κ1) is 15.2. The third-order valence-electron chi connectivity index (χ3n) is 4.95. The number of ketones is 1. The van der Waals surface area contributed by atoms with Crippen LogP contribution in [0.3, 0.4) is 0 Å². The fourth-order valence-electron chi connectivity index (χ4n) is 3.51. The van der Waals surface area contributed by atoms with Crippen LogP contribution in [0, 0.1) is 17.7 Å². The minimum Gasteiger partial charge on any atom is -0.298 e. The normalized spacial score (nSPS) is 23.6. The summed E-state index contributed by atoms with van der Waals surface area (Å²) in [5.74, 6) is 0.779. The molecule has 2 heteroatoms. The molecular formula is C18H25FO. The summed E-state index contributed by atoms with van der Waals surface area (Å²) in [6.07, 6.45) is 5.68. The molecule has 0 N–H and O–H groups in total. The number of hydrogen-bond acceptors (Lipinski definition) is 1. The van der Waals surface area contributed by atoms with Crippen molar-refractivity contribution in [2.45, 2.75) is 58.3 Å². The standard InChI is InChI=1S/C18H25FO/c1-4-13-7-5-6-8-16(13)17(20)18(2,3)14-9-11-15(19)12-10-14/h9-13,16H,4-8H2,1-3H3. The highest BCUT2D eigenvalue weighted by molar-refractivity contribution is 5.91. The highest BCUT2D eigenvalue weighted by Crippen LogP contribution is 2.38. The predicted octanol–water partition coefficient (Wildman–Crippen LogP) is 4.89. The SMILES string of the molecule is CCC1CCCCC1C(=O)C(C)(C)c1ccc(F)cc1. The topological polar surface area (TPSA) is 17.1 Å². The molecular weight excluding hydrogens is 251 g/mol. The third kappa shape index (κ3) is 2.94. The van der Waals surface area contributed by atoms with Crippen molar-refractivity contribution in [1.82, 2.24) is 0 Å². The second kappa shape index (κ2) is 6.07. The van der Waals surface area contributed by atoms with Crippen molar-refractivity contribution in [2.75, 3.05) is 0 Å². The van der Waals surface area contributed by atoms with E-state index in [4.69, 9.17) is 0 Å². The summed E-state index contributed by atoms with van der Waals surface area (Å²) < 4.78 is 13.1. The zero-order valence-electron chi connectivity index (χ0n) is 12.8. The molecule has 110 valence electrons. The monoisotopic (exact) mass is 276 g/mol. The lowest BCUT2D eigenvalue weighted by atomic mass is 9.67. The molecule has 20 heavy (non-hydrogen) atoms. The molecule has 2 unspecified atom stereocenters. The van der Waals surface area contributed by atoms with E-state index in [9.17, 15) is 9.18 Å². The Balaban J connectivity index is 2.23. The summed E-state index contributed by atoms with van der Waals surface area (Å²) in [6, 6.07) is 6.39. The fourth-order valence-corrected chi connectivity index (χ4v) is 3.51. The van der Waals surface area contributed by atoms with Crippen LogP contribution < -0.4 is 0 Å². The van der Waals surface area contributed by atoms with Gasteiger partial charge in [-0.3, -0.25) is 4.79 Å². The molecule has 1 aliphatic rings. The van der Waals surface area contributed by atoms with Crippen molar-refractivity contribution in [1.29, 1.82) is 0 Å². The first-order valence-corrected chi connectivity index (χ1v) is 7.77. The van der Waals surface area contributed by atoms with E-state index in [1.54, 1.807) is 12.1 Å². The largest absolute Gasteiger partial charge is 0.298 e. The molecule has 2 atom stereocenters. The number of hydrogen-bond donors (Lipinski definition) is 0. The van der Waals surface area contributed by atoms with Gasteiger partial charge < -0.3 is 0 Å². The number of benzene rings is 1. The Bertz CT molecular complexity index is 461. The van der Waals surface area contributed by atoms with Crippen LogP contribution in [-0.4, -0.2) is 5.78 Å². The van der Waals surface area contributed by atoms with E-state index in [-0.39, 0.29) is 11.7 Å². The average molecular weight is 276 g/mol. The summed E-state index contributed by atoms with van der Waals surface area (Å²) in [5, 5.41) is 0. The fraction of sp³-hybridized carbons (Fsp3) is 0.611. The Morgan fingerprint density at radius 2 is 1.80 bits per heavy atom. The minimum atomic E-state index is -0.525. The lowest BCUT2D eigenvalue weighted by molar-refractivity contribution is -0.130. The van der Waals surface area contributed by atoms with E-state index in [1.165, 1.54) is 25.0 Å². The average Bonchev–Trinajstić information content (AvgIpc) is 2.46. The van der Waals surface area contributed by atoms with E-state index in [0.717, 1.165) is 24.8 Å². The maximum Gasteiger partial charge on any atom is 0.146 e. The van der Waals surface area contributed by atoms with Gasteiger partial charge in [-0.25, -0.2) is 4.39 Å². The Kier molecular flexibility index (Phi) is 4.62. The molecule has 1 aromatic carbocycles. The highest BCUT2D eigenvalue weighted by atomic mass is 19.1. The lowest BCUT2D eigenvalue weighted by Gasteiger charge is -2.35. The summed E-state index contributed by atoms with van der Waals surface area (Å²) in [7, 11) is 0. The van der Waals surface area contributed by atoms with Crippen LogP contribution in [0.25, 0.3) is 0 Å². The molecule has 0 aromatic heterocycles. The molecule has 0 saturated heterocycles. The van der Waals surface area contributed by atoms with Crippen LogP contribution in [0.4, 0.5) is 4.39 Å². The van der Waals surface area contributed by atoms with Crippen LogP contribution in [0.1, 0.15) is 58.4 Å². The molecule has 2 rings (SSSR count). The van der Waals surface area contributed by atoms with Crippen LogP contribution in [0.2, 0.25) is 0 Å². The summed E-state index contributed by atoms with van der Waals surface area (Å²) in [4.78, 5) is 13.0. The van der Waals surface area contributed by atoms with Gasteiger partial charge in [-0.15, -0.1) is 0 Å². The van der Waals surface area contributed by atoms with Gasteiger partial charge in [0.2, 0.25) is 0 Å². The molecule has 0 radical (unpaired) electrons. The van der Waals surface area contributed by atoms with E-state index in [1.807, 2.05) is 13.8 Å². The number of carbonyl (C=O) groups is 1. The van der Waals surface area contributed by atoms with Crippen LogP contribution >= 0.6 is 0 Å². The van der Waals surface area contributed by atoms with Gasteiger partial charge in [-0.2, -0.15) is 0 Å². The van der Waals surface area contributed by atoms with Gasteiger partial charge in [0.05, 0.1) is 0 Å². The van der Waals surface area contributed by atoms with Gasteiger partial charge in [-0.05, 0) is 50.3 Å². The molecule has 1 fully saturated rings. The van der Waals surface area contributed by atoms with Gasteiger partial charge in [-0.1, -0.05) is 38.3 Å². The lowest BCUT2D eigenvalue weighted by Crippen LogP contribution is -2.39. The molecule has 0 spiro atoms. The van der Waals surface area contributed by atoms with E-state index >= 15 is 0 Å². The first-order valence-electron chi connectivity index (χ1n) is 7.77. The first-order chi connectivity index (χ1) is 9.46. The van der Waals surface area contributed by atoms with Crippen LogP contribution in [0.5, 0.6) is 0 Å². The summed E-state index contributed by atoms with van der Waals surface area (Å²) >= 11 is 0. The predicted molar refractivity (Wildman–Crippen MR) is 80.2 cm³/mol. The second-order valence-corrected chi connectivity index (χ2v) is 6.56. The minimum absolute atomic E-state index is 0.175. The Morgan fingerprint density at radius 3 is 2.40 bits per heavy atom. The molecule has 0 aliphatic heterocycles. The van der Waals surface area contributed by atoms with Gasteiger partial charge in [0.1, 0.15) is 11.6 Å². The van der Waals surface area contributed by atoms with Crippen molar-refractivity contribution >= 4 is 5.78 Å². The van der Waals surface area contributed by atoms with Gasteiger partial charge in [0.25, 0.3) is 0 Å². The number of Topliss-reactive ketones (excluding diaryl/α,β-unsaturated/α-hetero) is 1. The summed E-state index contributed by atoms with van der Waals surface area (Å²) in [6.45, 7) is 6.13. The number of halogens is 1. The quantitative estimate of drug-likeness (QED) is 0.765. The van der Waals surface area contributed by atoms with E-state index in [0.29, 0.717) is 11.7 Å². The molecule has 1 nitrogen and oxygen atoms in total. The third-order valence-corrected chi connectivity index (χ3v) is 4.95. The van der Waals surface area contributed by atoms with Crippen molar-refractivity contribution in [3.63, 3.8) is 0 Å². The molecule has 1 saturated carbocycles. The number of rotatable bonds is 4. The number of carbonyl (C=O) groups excluding carboxylic acids is 1. The molecule has 0 amide bonds. The van der Waals surface area contributed by atoms with Gasteiger partial charge in [0.15, 0.2) is 0 Å². The smallest absolute Gasteiger partial charge is 0.146 e. The van der Waals surface area contributed by atoms with E-state index in [2.05, 4.69) is 6.92 Å². The second-order valence-electron chi connectivity index (χ2n) is 6.56. The Morgan fingerprint density at radius 1 is 1.20 bits per heavy atom. The Labute approximate surface area is 121 Å².